The molecule has 1 aromatic rings. The van der Waals surface area contributed by atoms with Crippen LogP contribution in [-0.4, -0.2) is 29.4 Å². The summed E-state index contributed by atoms with van der Waals surface area (Å²) < 4.78 is 4.30. The molecule has 0 saturated heterocycles. The number of esters is 1. The van der Waals surface area contributed by atoms with Crippen molar-refractivity contribution in [3.8, 4) is 0 Å². The quantitative estimate of drug-likeness (QED) is 0.663. The summed E-state index contributed by atoms with van der Waals surface area (Å²) in [6.45, 7) is 0. The van der Waals surface area contributed by atoms with Crippen molar-refractivity contribution in [1.29, 1.82) is 0 Å². The third-order valence-corrected chi connectivity index (χ3v) is 3.29. The van der Waals surface area contributed by atoms with Crippen LogP contribution in [0.4, 0.5) is 0 Å². The second-order valence-corrected chi connectivity index (χ2v) is 4.40. The highest BCUT2D eigenvalue weighted by Crippen LogP contribution is 2.33. The molecule has 0 aliphatic heterocycles. The summed E-state index contributed by atoms with van der Waals surface area (Å²) in [7, 11) is 1.10. The number of benzene rings is 1. The van der Waals surface area contributed by atoms with E-state index in [0.717, 1.165) is 7.11 Å². The molecule has 2 unspecified atom stereocenters. The molecule has 1 rings (SSSR count). The lowest BCUT2D eigenvalue weighted by Crippen LogP contribution is -2.29. The van der Waals surface area contributed by atoms with Crippen molar-refractivity contribution >= 4 is 40.8 Å². The summed E-state index contributed by atoms with van der Waals surface area (Å²) in [5.41, 5.74) is 0.169. The first-order chi connectivity index (χ1) is 7.88. The van der Waals surface area contributed by atoms with Gasteiger partial charge in [0.1, 0.15) is 6.10 Å². The van der Waals surface area contributed by atoms with Gasteiger partial charge < -0.3 is 14.9 Å². The summed E-state index contributed by atoms with van der Waals surface area (Å²) in [6, 6.07) is 2.62. The van der Waals surface area contributed by atoms with E-state index in [4.69, 9.17) is 34.8 Å². The van der Waals surface area contributed by atoms with Crippen molar-refractivity contribution in [2.75, 3.05) is 7.11 Å². The van der Waals surface area contributed by atoms with E-state index in [-0.39, 0.29) is 20.6 Å². The smallest absolute Gasteiger partial charge is 0.337 e. The minimum Gasteiger partial charge on any atom is -0.467 e. The van der Waals surface area contributed by atoms with Gasteiger partial charge >= 0.3 is 5.97 Å². The predicted octanol–water partition coefficient (Wildman–Crippen LogP) is 2.21. The lowest BCUT2D eigenvalue weighted by Gasteiger charge is -2.16. The van der Waals surface area contributed by atoms with E-state index in [9.17, 15) is 15.0 Å². The molecule has 0 heterocycles. The second-order valence-electron chi connectivity index (χ2n) is 3.21. The molecule has 17 heavy (non-hydrogen) atoms. The first-order valence-corrected chi connectivity index (χ1v) is 5.60. The van der Waals surface area contributed by atoms with Crippen LogP contribution in [0.1, 0.15) is 11.7 Å². The largest absolute Gasteiger partial charge is 0.467 e. The molecule has 1 aromatic carbocycles. The molecule has 0 saturated carbocycles. The van der Waals surface area contributed by atoms with Crippen molar-refractivity contribution in [3.05, 3.63) is 32.8 Å². The monoisotopic (exact) mass is 298 g/mol. The Morgan fingerprint density at radius 2 is 1.71 bits per heavy atom. The van der Waals surface area contributed by atoms with E-state index in [0.29, 0.717) is 0 Å². The number of hydrogen-bond acceptors (Lipinski definition) is 4. The number of hydrogen-bond donors (Lipinski definition) is 2. The zero-order valence-corrected chi connectivity index (χ0v) is 10.9. The van der Waals surface area contributed by atoms with Gasteiger partial charge in [0, 0.05) is 0 Å². The molecule has 0 bridgehead atoms. The first kappa shape index (κ1) is 14.5. The summed E-state index contributed by atoms with van der Waals surface area (Å²) >= 11 is 17.2. The van der Waals surface area contributed by atoms with Gasteiger partial charge in [-0.15, -0.1) is 0 Å². The minimum absolute atomic E-state index is 0.116. The number of carbonyl (C=O) groups excluding carboxylic acids is 1. The SMILES string of the molecule is COC(=O)C(O)C(O)c1cc(Cl)c(Cl)c(Cl)c1. The van der Waals surface area contributed by atoms with Gasteiger partial charge in [-0.25, -0.2) is 4.79 Å². The standard InChI is InChI=1S/C10H9Cl3O4/c1-17-10(16)9(15)8(14)4-2-5(11)7(13)6(12)3-4/h2-3,8-9,14-15H,1H3. The van der Waals surface area contributed by atoms with Gasteiger partial charge in [0.15, 0.2) is 6.10 Å². The minimum atomic E-state index is -1.71. The topological polar surface area (TPSA) is 66.8 Å². The van der Waals surface area contributed by atoms with Crippen LogP contribution in [-0.2, 0) is 9.53 Å². The molecule has 0 fully saturated rings. The molecular weight excluding hydrogens is 290 g/mol. The third-order valence-electron chi connectivity index (χ3n) is 2.09. The maximum Gasteiger partial charge on any atom is 0.337 e. The van der Waals surface area contributed by atoms with Gasteiger partial charge in [0.2, 0.25) is 0 Å². The Labute approximate surface area is 113 Å². The average molecular weight is 300 g/mol. The zero-order chi connectivity index (χ0) is 13.2. The highest BCUT2D eigenvalue weighted by molar-refractivity contribution is 6.48. The summed E-state index contributed by atoms with van der Waals surface area (Å²) in [5.74, 6) is -0.959. The summed E-state index contributed by atoms with van der Waals surface area (Å²) in [4.78, 5) is 11.0. The van der Waals surface area contributed by atoms with Crippen molar-refractivity contribution in [3.63, 3.8) is 0 Å². The van der Waals surface area contributed by atoms with Crippen LogP contribution in [0.3, 0.4) is 0 Å². The Kier molecular flexibility index (Phi) is 5.04. The maximum atomic E-state index is 11.0. The van der Waals surface area contributed by atoms with E-state index < -0.39 is 18.2 Å². The lowest BCUT2D eigenvalue weighted by atomic mass is 10.0. The molecule has 0 aliphatic carbocycles. The van der Waals surface area contributed by atoms with Crippen LogP contribution < -0.4 is 0 Å². The van der Waals surface area contributed by atoms with Crippen LogP contribution >= 0.6 is 34.8 Å². The number of methoxy groups -OCH3 is 1. The molecule has 7 heteroatoms. The number of carbonyl (C=O) groups is 1. The van der Waals surface area contributed by atoms with Crippen molar-refractivity contribution < 1.29 is 19.7 Å². The Hall–Kier alpha value is -0.520. The molecule has 2 N–H and O–H groups in total. The van der Waals surface area contributed by atoms with Crippen LogP contribution in [0.5, 0.6) is 0 Å². The summed E-state index contributed by atoms with van der Waals surface area (Å²) in [5, 5.41) is 19.5. The maximum absolute atomic E-state index is 11.0. The van der Waals surface area contributed by atoms with Crippen LogP contribution in [0, 0.1) is 0 Å². The molecule has 4 nitrogen and oxygen atoms in total. The first-order valence-electron chi connectivity index (χ1n) is 4.47. The van der Waals surface area contributed by atoms with Crippen molar-refractivity contribution in [1.82, 2.24) is 0 Å². The second kappa shape index (κ2) is 5.89. The Balaban J connectivity index is 3.04. The molecular formula is C10H9Cl3O4. The highest BCUT2D eigenvalue weighted by atomic mass is 35.5. The van der Waals surface area contributed by atoms with Crippen LogP contribution in [0.15, 0.2) is 12.1 Å². The van der Waals surface area contributed by atoms with Crippen LogP contribution in [0.2, 0.25) is 15.1 Å². The van der Waals surface area contributed by atoms with Gasteiger partial charge in [0.05, 0.1) is 22.2 Å². The van der Waals surface area contributed by atoms with Crippen molar-refractivity contribution in [2.45, 2.75) is 12.2 Å². The summed E-state index contributed by atoms with van der Waals surface area (Å²) in [6.07, 6.45) is -3.21. The Morgan fingerprint density at radius 1 is 1.24 bits per heavy atom. The molecule has 0 spiro atoms. The van der Waals surface area contributed by atoms with E-state index in [1.807, 2.05) is 0 Å². The van der Waals surface area contributed by atoms with E-state index in [2.05, 4.69) is 4.74 Å². The number of halogens is 3. The van der Waals surface area contributed by atoms with Gasteiger partial charge in [-0.1, -0.05) is 34.8 Å². The highest BCUT2D eigenvalue weighted by Gasteiger charge is 2.27. The fourth-order valence-corrected chi connectivity index (χ4v) is 1.79. The van der Waals surface area contributed by atoms with Gasteiger partial charge in [-0.2, -0.15) is 0 Å². The van der Waals surface area contributed by atoms with Crippen LogP contribution in [0.25, 0.3) is 0 Å². The molecule has 2 atom stereocenters. The van der Waals surface area contributed by atoms with E-state index >= 15 is 0 Å². The number of aliphatic hydroxyl groups is 2. The van der Waals surface area contributed by atoms with E-state index in [1.165, 1.54) is 12.1 Å². The molecule has 94 valence electrons. The Morgan fingerprint density at radius 3 is 2.12 bits per heavy atom. The molecule has 0 aromatic heterocycles. The zero-order valence-electron chi connectivity index (χ0n) is 8.65. The normalized spacial score (nSPS) is 14.2. The fraction of sp³-hybridized carbons (Fsp3) is 0.300. The van der Waals surface area contributed by atoms with Gasteiger partial charge in [-0.05, 0) is 17.7 Å². The predicted molar refractivity (Wildman–Crippen MR) is 64.5 cm³/mol. The lowest BCUT2D eigenvalue weighted by molar-refractivity contribution is -0.156. The van der Waals surface area contributed by atoms with Gasteiger partial charge in [-0.3, -0.25) is 0 Å². The molecule has 0 radical (unpaired) electrons. The average Bonchev–Trinajstić information content (AvgIpc) is 2.32. The van der Waals surface area contributed by atoms with Gasteiger partial charge in [0.25, 0.3) is 0 Å². The number of rotatable bonds is 3. The van der Waals surface area contributed by atoms with Crippen molar-refractivity contribution in [2.24, 2.45) is 0 Å². The number of aliphatic hydroxyl groups excluding tert-OH is 2. The molecule has 0 amide bonds. The third kappa shape index (κ3) is 3.24. The van der Waals surface area contributed by atoms with E-state index in [1.54, 1.807) is 0 Å². The Bertz CT molecular complexity index is 413. The molecule has 0 aliphatic rings. The number of ether oxygens (including phenoxy) is 1. The fourth-order valence-electron chi connectivity index (χ4n) is 1.18.